The molecule has 0 aliphatic carbocycles. The zero-order valence-electron chi connectivity index (χ0n) is 13.5. The minimum Gasteiger partial charge on any atom is -0.353 e. The lowest BCUT2D eigenvalue weighted by molar-refractivity contribution is -0.147. The second kappa shape index (κ2) is 6.70. The molecule has 3 rings (SSSR count). The van der Waals surface area contributed by atoms with E-state index in [4.69, 9.17) is 10.0 Å². The van der Waals surface area contributed by atoms with Crippen molar-refractivity contribution < 1.29 is 14.8 Å². The lowest BCUT2D eigenvalue weighted by Gasteiger charge is -2.26. The molecule has 3 N–H and O–H groups in total. The van der Waals surface area contributed by atoms with Crippen LogP contribution >= 0.6 is 0 Å². The average Bonchev–Trinajstić information content (AvgIpc) is 2.87. The third-order valence-electron chi connectivity index (χ3n) is 4.70. The first kappa shape index (κ1) is 16.0. The Bertz CT molecular complexity index is 697. The molecule has 2 aromatic rings. The highest BCUT2D eigenvalue weighted by molar-refractivity contribution is 5.84. The standard InChI is InChI=1S/C17H23N3O3/c1-11-7-13-8-20(16-6-4-3-5-15(13)16)9-14(10-23-19-22)12(2)17(21)18-11/h3-6,8,11-12,14,19,22H,7,9-10H2,1-2H3,(H,18,21). The number of benzene rings is 1. The fourth-order valence-corrected chi connectivity index (χ4v) is 3.36. The molecule has 3 atom stereocenters. The Labute approximate surface area is 135 Å². The Kier molecular flexibility index (Phi) is 4.66. The molecular weight excluding hydrogens is 294 g/mol. The van der Waals surface area contributed by atoms with Gasteiger partial charge in [-0.3, -0.25) is 14.8 Å². The zero-order chi connectivity index (χ0) is 16.4. The highest BCUT2D eigenvalue weighted by Gasteiger charge is 2.28. The molecule has 124 valence electrons. The van der Waals surface area contributed by atoms with Gasteiger partial charge in [-0.15, -0.1) is 0 Å². The number of hydrogen-bond acceptors (Lipinski definition) is 4. The second-order valence-corrected chi connectivity index (χ2v) is 6.39. The van der Waals surface area contributed by atoms with Crippen molar-refractivity contribution in [2.75, 3.05) is 6.61 Å². The van der Waals surface area contributed by atoms with Crippen molar-refractivity contribution in [3.63, 3.8) is 0 Å². The van der Waals surface area contributed by atoms with Gasteiger partial charge in [0.2, 0.25) is 5.91 Å². The van der Waals surface area contributed by atoms with Crippen LogP contribution in [-0.2, 0) is 22.6 Å². The van der Waals surface area contributed by atoms with Crippen LogP contribution in [0.3, 0.4) is 0 Å². The Balaban J connectivity index is 2.03. The second-order valence-electron chi connectivity index (χ2n) is 6.39. The maximum absolute atomic E-state index is 12.4. The SMILES string of the molecule is CC1Cc2cn(c3ccccc23)CC(CONO)C(C)C(=O)N1. The molecule has 2 bridgehead atoms. The van der Waals surface area contributed by atoms with Crippen molar-refractivity contribution in [3.8, 4) is 0 Å². The van der Waals surface area contributed by atoms with E-state index in [9.17, 15) is 4.79 Å². The van der Waals surface area contributed by atoms with Gasteiger partial charge < -0.3 is 9.88 Å². The van der Waals surface area contributed by atoms with Gasteiger partial charge in [0.15, 0.2) is 0 Å². The summed E-state index contributed by atoms with van der Waals surface area (Å²) < 4.78 is 2.19. The van der Waals surface area contributed by atoms with E-state index >= 15 is 0 Å². The van der Waals surface area contributed by atoms with Gasteiger partial charge in [0.05, 0.1) is 6.61 Å². The Hall–Kier alpha value is -1.89. The number of nitrogens with one attached hydrogen (secondary N) is 2. The van der Waals surface area contributed by atoms with E-state index in [2.05, 4.69) is 28.2 Å². The van der Waals surface area contributed by atoms with Crippen LogP contribution in [0, 0.1) is 11.8 Å². The first-order valence-corrected chi connectivity index (χ1v) is 7.98. The van der Waals surface area contributed by atoms with Crippen molar-refractivity contribution in [1.29, 1.82) is 0 Å². The van der Waals surface area contributed by atoms with Gasteiger partial charge in [-0.1, -0.05) is 30.8 Å². The van der Waals surface area contributed by atoms with Crippen LogP contribution in [-0.4, -0.2) is 28.3 Å². The van der Waals surface area contributed by atoms with E-state index in [0.717, 1.165) is 6.42 Å². The Morgan fingerprint density at radius 2 is 2.17 bits per heavy atom. The summed E-state index contributed by atoms with van der Waals surface area (Å²) in [5.74, 6) is -0.242. The normalized spacial score (nSPS) is 25.3. The monoisotopic (exact) mass is 317 g/mol. The third-order valence-corrected chi connectivity index (χ3v) is 4.70. The number of fused-ring (bicyclic) bond motifs is 5. The largest absolute Gasteiger partial charge is 0.353 e. The topological polar surface area (TPSA) is 75.5 Å². The fraction of sp³-hybridized carbons (Fsp3) is 0.471. The molecule has 1 aliphatic heterocycles. The van der Waals surface area contributed by atoms with Crippen molar-refractivity contribution in [2.24, 2.45) is 11.8 Å². The summed E-state index contributed by atoms with van der Waals surface area (Å²) in [6, 6.07) is 8.36. The van der Waals surface area contributed by atoms with Gasteiger partial charge >= 0.3 is 0 Å². The van der Waals surface area contributed by atoms with Gasteiger partial charge in [-0.25, -0.2) is 0 Å². The van der Waals surface area contributed by atoms with Crippen molar-refractivity contribution in [3.05, 3.63) is 36.0 Å². The first-order chi connectivity index (χ1) is 11.1. The van der Waals surface area contributed by atoms with E-state index in [1.807, 2.05) is 26.0 Å². The smallest absolute Gasteiger partial charge is 0.223 e. The van der Waals surface area contributed by atoms with Crippen LogP contribution in [0.1, 0.15) is 19.4 Å². The maximum Gasteiger partial charge on any atom is 0.223 e. The van der Waals surface area contributed by atoms with Crippen molar-refractivity contribution in [1.82, 2.24) is 15.5 Å². The van der Waals surface area contributed by atoms with Crippen LogP contribution in [0.15, 0.2) is 30.5 Å². The van der Waals surface area contributed by atoms with E-state index < -0.39 is 0 Å². The molecule has 0 radical (unpaired) electrons. The van der Waals surface area contributed by atoms with Gasteiger partial charge in [-0.2, -0.15) is 0 Å². The molecule has 1 aromatic carbocycles. The average molecular weight is 317 g/mol. The summed E-state index contributed by atoms with van der Waals surface area (Å²) in [4.78, 5) is 17.4. The predicted molar refractivity (Wildman–Crippen MR) is 86.8 cm³/mol. The van der Waals surface area contributed by atoms with E-state index in [-0.39, 0.29) is 30.4 Å². The highest BCUT2D eigenvalue weighted by Crippen LogP contribution is 2.26. The molecule has 6 heteroatoms. The van der Waals surface area contributed by atoms with Crippen LogP contribution < -0.4 is 11.0 Å². The summed E-state index contributed by atoms with van der Waals surface area (Å²) in [5, 5.41) is 13.0. The molecule has 6 nitrogen and oxygen atoms in total. The van der Waals surface area contributed by atoms with Crippen molar-refractivity contribution >= 4 is 16.8 Å². The van der Waals surface area contributed by atoms with Gasteiger partial charge in [0.1, 0.15) is 0 Å². The molecular formula is C17H23N3O3. The summed E-state index contributed by atoms with van der Waals surface area (Å²) in [5.41, 5.74) is 4.12. The number of hydrogen-bond donors (Lipinski definition) is 3. The molecule has 2 heterocycles. The van der Waals surface area contributed by atoms with E-state index in [0.29, 0.717) is 6.54 Å². The van der Waals surface area contributed by atoms with Gasteiger partial charge in [-0.05, 0) is 25.0 Å². The number of amides is 1. The predicted octanol–water partition coefficient (Wildman–Crippen LogP) is 1.86. The van der Waals surface area contributed by atoms with Crippen LogP contribution in [0.5, 0.6) is 0 Å². The molecule has 0 fully saturated rings. The van der Waals surface area contributed by atoms with Crippen LogP contribution in [0.4, 0.5) is 0 Å². The molecule has 1 aliphatic rings. The number of aromatic nitrogens is 1. The number of carbonyl (C=O) groups excluding carboxylic acids is 1. The van der Waals surface area contributed by atoms with E-state index in [1.54, 1.807) is 5.64 Å². The minimum atomic E-state index is -0.214. The molecule has 0 saturated heterocycles. The summed E-state index contributed by atoms with van der Waals surface area (Å²) in [6.07, 6.45) is 2.98. The molecule has 1 aromatic heterocycles. The molecule has 23 heavy (non-hydrogen) atoms. The quantitative estimate of drug-likeness (QED) is 0.756. The van der Waals surface area contributed by atoms with Crippen LogP contribution in [0.25, 0.3) is 10.9 Å². The van der Waals surface area contributed by atoms with Crippen LogP contribution in [0.2, 0.25) is 0 Å². The number of nitrogens with zero attached hydrogens (tertiary/aromatic N) is 1. The minimum absolute atomic E-state index is 0.0243. The number of para-hydroxylation sites is 1. The van der Waals surface area contributed by atoms with Crippen molar-refractivity contribution in [2.45, 2.75) is 32.9 Å². The lowest BCUT2D eigenvalue weighted by atomic mass is 9.93. The lowest BCUT2D eigenvalue weighted by Crippen LogP contribution is -2.42. The highest BCUT2D eigenvalue weighted by atomic mass is 16.8. The molecule has 0 saturated carbocycles. The Morgan fingerprint density at radius 3 is 2.96 bits per heavy atom. The number of rotatable bonds is 3. The van der Waals surface area contributed by atoms with Gasteiger partial charge in [0, 0.05) is 41.5 Å². The van der Waals surface area contributed by atoms with Gasteiger partial charge in [0.25, 0.3) is 0 Å². The Morgan fingerprint density at radius 1 is 1.39 bits per heavy atom. The fourth-order valence-electron chi connectivity index (χ4n) is 3.36. The third kappa shape index (κ3) is 3.24. The maximum atomic E-state index is 12.4. The van der Waals surface area contributed by atoms with E-state index in [1.165, 1.54) is 16.5 Å². The first-order valence-electron chi connectivity index (χ1n) is 7.98. The summed E-state index contributed by atoms with van der Waals surface area (Å²) in [6.45, 7) is 4.84. The summed E-state index contributed by atoms with van der Waals surface area (Å²) in [7, 11) is 0. The molecule has 1 amide bonds. The molecule has 0 spiro atoms. The summed E-state index contributed by atoms with van der Waals surface area (Å²) >= 11 is 0. The molecule has 3 unspecified atom stereocenters. The zero-order valence-corrected chi connectivity index (χ0v) is 13.5. The number of carbonyl (C=O) groups is 1.